The fourth-order valence-corrected chi connectivity index (χ4v) is 0.493. The van der Waals surface area contributed by atoms with E-state index in [9.17, 15) is 9.59 Å². The molecule has 5 nitrogen and oxygen atoms in total. The van der Waals surface area contributed by atoms with Gasteiger partial charge in [0.2, 0.25) is 5.75 Å². The second-order valence-electron chi connectivity index (χ2n) is 1.58. The lowest BCUT2D eigenvalue weighted by Gasteiger charge is -1.90. The van der Waals surface area contributed by atoms with Gasteiger partial charge in [-0.15, -0.1) is 0 Å². The summed E-state index contributed by atoms with van der Waals surface area (Å²) in [6.07, 6.45) is 1.36. The first-order valence-electron chi connectivity index (χ1n) is 2.47. The Labute approximate surface area is 55.4 Å². The molecule has 2 N–H and O–H groups in total. The van der Waals surface area contributed by atoms with Gasteiger partial charge in [-0.2, -0.15) is 0 Å². The van der Waals surface area contributed by atoms with Crippen molar-refractivity contribution in [3.8, 4) is 5.75 Å². The van der Waals surface area contributed by atoms with E-state index in [4.69, 9.17) is 5.11 Å². The highest BCUT2D eigenvalue weighted by Crippen LogP contribution is 2.00. The highest BCUT2D eigenvalue weighted by Gasteiger charge is 2.02. The van der Waals surface area contributed by atoms with Gasteiger partial charge in [0.25, 0.3) is 5.56 Å². The van der Waals surface area contributed by atoms with Crippen molar-refractivity contribution >= 4 is 6.29 Å². The van der Waals surface area contributed by atoms with Crippen LogP contribution in [0.1, 0.15) is 10.5 Å². The van der Waals surface area contributed by atoms with Crippen molar-refractivity contribution < 1.29 is 9.90 Å². The highest BCUT2D eigenvalue weighted by atomic mass is 16.3. The minimum absolute atomic E-state index is 0.247. The SMILES string of the molecule is O=Cc1nc[nH]c(=O)c1O. The Hall–Kier alpha value is -1.65. The monoisotopic (exact) mass is 140 g/mol. The van der Waals surface area contributed by atoms with E-state index < -0.39 is 11.3 Å². The predicted octanol–water partition coefficient (Wildman–Crippen LogP) is -0.712. The lowest BCUT2D eigenvalue weighted by Crippen LogP contribution is -2.07. The maximum atomic E-state index is 10.5. The standard InChI is InChI=1S/C5H4N2O3/c8-1-3-4(9)5(10)7-2-6-3/h1-2,9H,(H,6,7,10). The van der Waals surface area contributed by atoms with Crippen LogP contribution in [-0.2, 0) is 0 Å². The summed E-state index contributed by atoms with van der Waals surface area (Å²) in [6, 6.07) is 0. The average molecular weight is 140 g/mol. The summed E-state index contributed by atoms with van der Waals surface area (Å²) in [4.78, 5) is 26.0. The molecule has 0 amide bonds. The van der Waals surface area contributed by atoms with Crippen molar-refractivity contribution in [2.24, 2.45) is 0 Å². The lowest BCUT2D eigenvalue weighted by atomic mass is 10.4. The molecule has 0 aliphatic carbocycles. The van der Waals surface area contributed by atoms with Crippen LogP contribution in [0.25, 0.3) is 0 Å². The number of nitrogens with one attached hydrogen (secondary N) is 1. The van der Waals surface area contributed by atoms with Crippen molar-refractivity contribution in [1.29, 1.82) is 0 Å². The van der Waals surface area contributed by atoms with Gasteiger partial charge in [-0.05, 0) is 0 Å². The van der Waals surface area contributed by atoms with Crippen LogP contribution in [0, 0.1) is 0 Å². The van der Waals surface area contributed by atoms with Gasteiger partial charge >= 0.3 is 0 Å². The molecule has 0 radical (unpaired) electrons. The molecular formula is C5H4N2O3. The number of aromatic amines is 1. The number of rotatable bonds is 1. The molecule has 1 aromatic rings. The van der Waals surface area contributed by atoms with Crippen molar-refractivity contribution in [3.63, 3.8) is 0 Å². The molecule has 1 aromatic heterocycles. The van der Waals surface area contributed by atoms with Crippen LogP contribution in [0.4, 0.5) is 0 Å². The topological polar surface area (TPSA) is 83.0 Å². The van der Waals surface area contributed by atoms with E-state index in [1.54, 1.807) is 0 Å². The Morgan fingerprint density at radius 1 is 1.70 bits per heavy atom. The van der Waals surface area contributed by atoms with E-state index in [2.05, 4.69) is 9.97 Å². The van der Waals surface area contributed by atoms with Gasteiger partial charge < -0.3 is 10.1 Å². The maximum Gasteiger partial charge on any atom is 0.293 e. The number of nitrogens with zero attached hydrogens (tertiary/aromatic N) is 1. The Kier molecular flexibility index (Phi) is 1.49. The fraction of sp³-hybridized carbons (Fsp3) is 0. The predicted molar refractivity (Wildman–Crippen MR) is 31.9 cm³/mol. The van der Waals surface area contributed by atoms with Gasteiger partial charge in [0.15, 0.2) is 12.0 Å². The molecule has 10 heavy (non-hydrogen) atoms. The summed E-state index contributed by atoms with van der Waals surface area (Å²) in [5, 5.41) is 8.76. The minimum Gasteiger partial charge on any atom is -0.501 e. The maximum absolute atomic E-state index is 10.5. The van der Waals surface area contributed by atoms with Crippen LogP contribution in [0.3, 0.4) is 0 Å². The third-order valence-electron chi connectivity index (χ3n) is 0.969. The third kappa shape index (κ3) is 0.883. The number of hydrogen-bond acceptors (Lipinski definition) is 4. The van der Waals surface area contributed by atoms with Crippen LogP contribution < -0.4 is 5.56 Å². The van der Waals surface area contributed by atoms with Crippen molar-refractivity contribution in [3.05, 3.63) is 22.4 Å². The van der Waals surface area contributed by atoms with Gasteiger partial charge in [-0.1, -0.05) is 0 Å². The number of H-pyrrole nitrogens is 1. The van der Waals surface area contributed by atoms with Gasteiger partial charge in [-0.3, -0.25) is 9.59 Å². The number of aromatic nitrogens is 2. The summed E-state index contributed by atoms with van der Waals surface area (Å²) >= 11 is 0. The van der Waals surface area contributed by atoms with E-state index in [0.29, 0.717) is 6.29 Å². The Balaban J connectivity index is 3.41. The van der Waals surface area contributed by atoms with E-state index in [1.165, 1.54) is 0 Å². The first kappa shape index (κ1) is 6.47. The fourth-order valence-electron chi connectivity index (χ4n) is 0.493. The van der Waals surface area contributed by atoms with Crippen LogP contribution in [0.2, 0.25) is 0 Å². The molecule has 0 spiro atoms. The minimum atomic E-state index is -0.711. The van der Waals surface area contributed by atoms with Crippen LogP contribution in [0.5, 0.6) is 5.75 Å². The average Bonchev–Trinajstić information content (AvgIpc) is 1.95. The van der Waals surface area contributed by atoms with Gasteiger partial charge in [0, 0.05) is 0 Å². The molecule has 0 fully saturated rings. The van der Waals surface area contributed by atoms with E-state index in [-0.39, 0.29) is 5.69 Å². The number of hydrogen-bond donors (Lipinski definition) is 2. The summed E-state index contributed by atoms with van der Waals surface area (Å²) in [5.41, 5.74) is -0.958. The summed E-state index contributed by atoms with van der Waals surface area (Å²) in [5.74, 6) is -0.641. The summed E-state index contributed by atoms with van der Waals surface area (Å²) in [7, 11) is 0. The van der Waals surface area contributed by atoms with E-state index >= 15 is 0 Å². The molecule has 1 heterocycles. The quantitative estimate of drug-likeness (QED) is 0.504. The summed E-state index contributed by atoms with van der Waals surface area (Å²) < 4.78 is 0. The zero-order valence-corrected chi connectivity index (χ0v) is 4.87. The van der Waals surface area contributed by atoms with E-state index in [1.807, 2.05) is 0 Å². The third-order valence-corrected chi connectivity index (χ3v) is 0.969. The number of carbonyl (C=O) groups is 1. The number of carbonyl (C=O) groups excluding carboxylic acids is 1. The van der Waals surface area contributed by atoms with Crippen molar-refractivity contribution in [1.82, 2.24) is 9.97 Å². The molecule has 1 rings (SSSR count). The molecule has 52 valence electrons. The smallest absolute Gasteiger partial charge is 0.293 e. The normalized spacial score (nSPS) is 9.20. The molecule has 0 saturated heterocycles. The number of aromatic hydroxyl groups is 1. The molecule has 0 aromatic carbocycles. The van der Waals surface area contributed by atoms with Crippen LogP contribution in [-0.4, -0.2) is 21.4 Å². The second kappa shape index (κ2) is 2.30. The highest BCUT2D eigenvalue weighted by molar-refractivity contribution is 5.75. The van der Waals surface area contributed by atoms with E-state index in [0.717, 1.165) is 6.33 Å². The molecule has 0 saturated carbocycles. The Morgan fingerprint density at radius 2 is 2.40 bits per heavy atom. The molecule has 5 heteroatoms. The zero-order valence-electron chi connectivity index (χ0n) is 4.87. The first-order chi connectivity index (χ1) is 4.75. The molecule has 0 unspecified atom stereocenters. The first-order valence-corrected chi connectivity index (χ1v) is 2.47. The Bertz CT molecular complexity index is 304. The molecule has 0 aliphatic heterocycles. The number of aldehydes is 1. The largest absolute Gasteiger partial charge is 0.501 e. The molecule has 0 aliphatic rings. The van der Waals surface area contributed by atoms with Gasteiger partial charge in [0.1, 0.15) is 0 Å². The second-order valence-corrected chi connectivity index (χ2v) is 1.58. The summed E-state index contributed by atoms with van der Waals surface area (Å²) in [6.45, 7) is 0. The zero-order chi connectivity index (χ0) is 7.56. The van der Waals surface area contributed by atoms with Crippen molar-refractivity contribution in [2.75, 3.05) is 0 Å². The van der Waals surface area contributed by atoms with Crippen molar-refractivity contribution in [2.45, 2.75) is 0 Å². The van der Waals surface area contributed by atoms with Crippen LogP contribution in [0.15, 0.2) is 11.1 Å². The molecular weight excluding hydrogens is 136 g/mol. The lowest BCUT2D eigenvalue weighted by molar-refractivity contribution is 0.111. The Morgan fingerprint density at radius 3 is 2.90 bits per heavy atom. The molecule has 0 atom stereocenters. The van der Waals surface area contributed by atoms with Crippen LogP contribution >= 0.6 is 0 Å². The molecule has 0 bridgehead atoms. The van der Waals surface area contributed by atoms with Gasteiger partial charge in [-0.25, -0.2) is 4.98 Å². The van der Waals surface area contributed by atoms with Gasteiger partial charge in [0.05, 0.1) is 6.33 Å².